The summed E-state index contributed by atoms with van der Waals surface area (Å²) in [4.78, 5) is 2.34. The minimum Gasteiger partial charge on any atom is -0.310 e. The van der Waals surface area contributed by atoms with Crippen molar-refractivity contribution in [2.24, 2.45) is 0 Å². The van der Waals surface area contributed by atoms with Gasteiger partial charge in [-0.15, -0.1) is 0 Å². The average molecular weight is 674 g/mol. The first-order chi connectivity index (χ1) is 21.7. The van der Waals surface area contributed by atoms with Crippen LogP contribution in [0.4, 0.5) is 17.1 Å². The molecule has 0 saturated carbocycles. The van der Waals surface area contributed by atoms with Crippen LogP contribution < -0.4 is 4.90 Å². The highest BCUT2D eigenvalue weighted by Gasteiger charge is 2.35. The van der Waals surface area contributed by atoms with Crippen molar-refractivity contribution < 1.29 is 0 Å². The van der Waals surface area contributed by atoms with Crippen molar-refractivity contribution in [3.8, 4) is 33.4 Å². The highest BCUT2D eigenvalue weighted by atomic mass is 127. The van der Waals surface area contributed by atoms with E-state index in [0.29, 0.717) is 3.92 Å². The maximum Gasteiger partial charge on any atom is 0.0467 e. The van der Waals surface area contributed by atoms with E-state index in [4.69, 9.17) is 0 Å². The molecule has 1 atom stereocenters. The molecule has 0 saturated heterocycles. The Morgan fingerprint density at radius 3 is 1.86 bits per heavy atom. The molecule has 6 aromatic carbocycles. The molecular formula is C42H28IN. The molecule has 0 aliphatic heterocycles. The van der Waals surface area contributed by atoms with Crippen molar-refractivity contribution in [1.82, 2.24) is 0 Å². The molecule has 0 fully saturated rings. The lowest BCUT2D eigenvalue weighted by Crippen LogP contribution is -2.09. The zero-order chi connectivity index (χ0) is 29.2. The molecule has 0 spiro atoms. The Labute approximate surface area is 272 Å². The topological polar surface area (TPSA) is 3.24 Å². The Kier molecular flexibility index (Phi) is 5.99. The highest BCUT2D eigenvalue weighted by Crippen LogP contribution is 2.58. The molecule has 0 unspecified atom stereocenters. The number of alkyl halides is 1. The van der Waals surface area contributed by atoms with Crippen LogP contribution in [-0.4, -0.2) is 3.92 Å². The van der Waals surface area contributed by atoms with Crippen molar-refractivity contribution in [3.63, 3.8) is 0 Å². The molecule has 9 rings (SSSR count). The van der Waals surface area contributed by atoms with Crippen LogP contribution in [0.15, 0.2) is 152 Å². The van der Waals surface area contributed by atoms with Crippen molar-refractivity contribution in [3.05, 3.63) is 168 Å². The Hall–Kier alpha value is -4.67. The molecule has 2 heteroatoms. The first-order valence-electron chi connectivity index (χ1n) is 15.2. The summed E-state index contributed by atoms with van der Waals surface area (Å²) in [5, 5.41) is 0. The van der Waals surface area contributed by atoms with Gasteiger partial charge in [-0.25, -0.2) is 0 Å². The fraction of sp³-hybridized carbons (Fsp3) is 0.0476. The first-order valence-corrected chi connectivity index (χ1v) is 16.5. The average Bonchev–Trinajstić information content (AvgIpc) is 3.19. The summed E-state index contributed by atoms with van der Waals surface area (Å²) in [5.41, 5.74) is 19.7. The molecule has 3 aliphatic rings. The van der Waals surface area contributed by atoms with Gasteiger partial charge in [-0.05, 0) is 116 Å². The standard InChI is InChI=1S/C42H28IN/c43-29-25-39-34-22-21-28(27-11-9-16-32(23-27)44(30-12-3-1-4-13-30)31-14-5-2-6-15-31)24-38(34)41-36-19-10-20-37(41)40(26-29)42(39)35-18-8-7-17-33(35)36/h1-24,26,29H,25H2/t29-/m0/s1. The number of halogens is 1. The van der Waals surface area contributed by atoms with Crippen molar-refractivity contribution in [2.45, 2.75) is 10.3 Å². The van der Waals surface area contributed by atoms with E-state index in [1.165, 1.54) is 66.8 Å². The highest BCUT2D eigenvalue weighted by molar-refractivity contribution is 14.1. The van der Waals surface area contributed by atoms with Gasteiger partial charge in [0, 0.05) is 21.0 Å². The third kappa shape index (κ3) is 3.98. The van der Waals surface area contributed by atoms with E-state index in [2.05, 4.69) is 179 Å². The van der Waals surface area contributed by atoms with Gasteiger partial charge in [0.2, 0.25) is 0 Å². The van der Waals surface area contributed by atoms with E-state index in [0.717, 1.165) is 23.5 Å². The number of nitrogens with zero attached hydrogens (tertiary/aromatic N) is 1. The minimum atomic E-state index is 0.465. The summed E-state index contributed by atoms with van der Waals surface area (Å²) in [5.74, 6) is 0. The van der Waals surface area contributed by atoms with Gasteiger partial charge < -0.3 is 4.90 Å². The number of hydrogen-bond donors (Lipinski definition) is 0. The number of anilines is 3. The first kappa shape index (κ1) is 25.8. The van der Waals surface area contributed by atoms with Crippen LogP contribution in [0.2, 0.25) is 0 Å². The van der Waals surface area contributed by atoms with Crippen molar-refractivity contribution >= 4 is 56.4 Å². The number of para-hydroxylation sites is 2. The summed E-state index contributed by atoms with van der Waals surface area (Å²) in [7, 11) is 0. The van der Waals surface area contributed by atoms with E-state index in [1.54, 1.807) is 0 Å². The molecule has 6 aromatic rings. The Morgan fingerprint density at radius 2 is 1.09 bits per heavy atom. The van der Waals surface area contributed by atoms with E-state index in [-0.39, 0.29) is 0 Å². The maximum absolute atomic E-state index is 2.62. The summed E-state index contributed by atoms with van der Waals surface area (Å²) >= 11 is 2.62. The zero-order valence-electron chi connectivity index (χ0n) is 24.0. The lowest BCUT2D eigenvalue weighted by molar-refractivity contribution is 1.12. The molecule has 6 bridgehead atoms. The smallest absolute Gasteiger partial charge is 0.0467 e. The number of fused-ring (bicyclic) bond motifs is 4. The van der Waals surface area contributed by atoms with Crippen LogP contribution in [0.5, 0.6) is 0 Å². The monoisotopic (exact) mass is 673 g/mol. The molecule has 1 nitrogen and oxygen atoms in total. The lowest BCUT2D eigenvalue weighted by Gasteiger charge is -2.26. The Balaban J connectivity index is 1.25. The predicted molar refractivity (Wildman–Crippen MR) is 195 cm³/mol. The summed E-state index contributed by atoms with van der Waals surface area (Å²) in [6, 6.07) is 53.3. The van der Waals surface area contributed by atoms with Crippen LogP contribution in [0.1, 0.15) is 23.1 Å². The van der Waals surface area contributed by atoms with Gasteiger partial charge >= 0.3 is 0 Å². The third-order valence-electron chi connectivity index (χ3n) is 9.24. The van der Waals surface area contributed by atoms with Gasteiger partial charge in [0.15, 0.2) is 0 Å². The maximum atomic E-state index is 2.62. The van der Waals surface area contributed by atoms with Gasteiger partial charge in [-0.2, -0.15) is 0 Å². The van der Waals surface area contributed by atoms with E-state index in [9.17, 15) is 0 Å². The molecule has 0 amide bonds. The fourth-order valence-electron chi connectivity index (χ4n) is 7.41. The van der Waals surface area contributed by atoms with Crippen molar-refractivity contribution in [2.75, 3.05) is 4.90 Å². The zero-order valence-corrected chi connectivity index (χ0v) is 26.2. The Bertz CT molecular complexity index is 2120. The second kappa shape index (κ2) is 10.2. The SMILES string of the molecule is I[C@@H]1C=C2C3=C(C1)c1ccc(-c4cccc(N(c5ccccc5)c5ccccc5)c4)cc1-c1c2cccc1-c1ccccc13. The summed E-state index contributed by atoms with van der Waals surface area (Å²) < 4.78 is 0.465. The van der Waals surface area contributed by atoms with Crippen LogP contribution in [0.3, 0.4) is 0 Å². The molecule has 0 aromatic heterocycles. The third-order valence-corrected chi connectivity index (χ3v) is 10.0. The second-order valence-electron chi connectivity index (χ2n) is 11.7. The van der Waals surface area contributed by atoms with Gasteiger partial charge in [-0.3, -0.25) is 0 Å². The van der Waals surface area contributed by atoms with Gasteiger partial charge in [0.25, 0.3) is 0 Å². The summed E-state index contributed by atoms with van der Waals surface area (Å²) in [6.45, 7) is 0. The largest absolute Gasteiger partial charge is 0.310 e. The summed E-state index contributed by atoms with van der Waals surface area (Å²) in [6.07, 6.45) is 3.55. The van der Waals surface area contributed by atoms with Crippen LogP contribution in [-0.2, 0) is 0 Å². The number of hydrogen-bond acceptors (Lipinski definition) is 1. The molecule has 3 aliphatic carbocycles. The second-order valence-corrected chi connectivity index (χ2v) is 13.3. The van der Waals surface area contributed by atoms with Gasteiger partial charge in [0.1, 0.15) is 0 Å². The van der Waals surface area contributed by atoms with Crippen LogP contribution >= 0.6 is 22.6 Å². The number of allylic oxidation sites excluding steroid dienone is 4. The molecule has 0 heterocycles. The Morgan fingerprint density at radius 1 is 0.477 bits per heavy atom. The van der Waals surface area contributed by atoms with Gasteiger partial charge in [-0.1, -0.05) is 132 Å². The molecule has 0 N–H and O–H groups in total. The number of benzene rings is 6. The minimum absolute atomic E-state index is 0.465. The van der Waals surface area contributed by atoms with E-state index >= 15 is 0 Å². The van der Waals surface area contributed by atoms with Gasteiger partial charge in [0.05, 0.1) is 0 Å². The molecule has 208 valence electrons. The fourth-order valence-corrected chi connectivity index (χ4v) is 8.21. The van der Waals surface area contributed by atoms with E-state index < -0.39 is 0 Å². The lowest BCUT2D eigenvalue weighted by atomic mass is 9.80. The molecule has 0 radical (unpaired) electrons. The molecule has 44 heavy (non-hydrogen) atoms. The van der Waals surface area contributed by atoms with Crippen molar-refractivity contribution in [1.29, 1.82) is 0 Å². The quantitative estimate of drug-likeness (QED) is 0.133. The molecular weight excluding hydrogens is 645 g/mol. The normalized spacial score (nSPS) is 15.6. The van der Waals surface area contributed by atoms with Crippen LogP contribution in [0.25, 0.3) is 50.1 Å². The van der Waals surface area contributed by atoms with Crippen LogP contribution in [0, 0.1) is 0 Å². The predicted octanol–water partition coefficient (Wildman–Crippen LogP) is 12.0. The number of rotatable bonds is 4. The van der Waals surface area contributed by atoms with E-state index in [1.807, 2.05) is 0 Å².